The number of halogens is 4. The molecule has 16 heavy (non-hydrogen) atoms. The van der Waals surface area contributed by atoms with Crippen LogP contribution in [0.25, 0.3) is 11.0 Å². The Morgan fingerprint density at radius 2 is 2.06 bits per heavy atom. The van der Waals surface area contributed by atoms with Crippen LogP contribution in [0.5, 0.6) is 0 Å². The average molecular weight is 249 g/mol. The summed E-state index contributed by atoms with van der Waals surface area (Å²) in [6.45, 7) is 1.84. The van der Waals surface area contributed by atoms with Crippen molar-refractivity contribution in [3.05, 3.63) is 29.6 Å². The van der Waals surface area contributed by atoms with Crippen molar-refractivity contribution in [2.24, 2.45) is 0 Å². The molecule has 0 aliphatic heterocycles. The van der Waals surface area contributed by atoms with Gasteiger partial charge in [-0.05, 0) is 18.2 Å². The largest absolute Gasteiger partial charge is 0.416 e. The summed E-state index contributed by atoms with van der Waals surface area (Å²) in [7, 11) is 0. The lowest BCUT2D eigenvalue weighted by atomic mass is 10.2. The Labute approximate surface area is 94.8 Å². The van der Waals surface area contributed by atoms with E-state index in [1.807, 2.05) is 6.92 Å². The monoisotopic (exact) mass is 248 g/mol. The Morgan fingerprint density at radius 3 is 2.62 bits per heavy atom. The molecule has 0 radical (unpaired) electrons. The first-order chi connectivity index (χ1) is 7.43. The lowest BCUT2D eigenvalue weighted by Crippen LogP contribution is -2.04. The van der Waals surface area contributed by atoms with Crippen LogP contribution in [0.15, 0.2) is 18.2 Å². The first-order valence-corrected chi connectivity index (χ1v) is 5.02. The molecule has 0 unspecified atom stereocenters. The van der Waals surface area contributed by atoms with Gasteiger partial charge in [-0.2, -0.15) is 13.2 Å². The maximum Gasteiger partial charge on any atom is 0.416 e. The fourth-order valence-electron chi connectivity index (χ4n) is 1.50. The van der Waals surface area contributed by atoms with Crippen molar-refractivity contribution < 1.29 is 13.2 Å². The number of nitrogens with zero attached hydrogens (tertiary/aromatic N) is 2. The van der Waals surface area contributed by atoms with E-state index in [0.717, 1.165) is 12.1 Å². The number of benzene rings is 1. The average Bonchev–Trinajstić information content (AvgIpc) is 2.54. The lowest BCUT2D eigenvalue weighted by Gasteiger charge is -2.05. The molecule has 2 aromatic rings. The summed E-state index contributed by atoms with van der Waals surface area (Å²) in [5.74, 6) is 0.552. The minimum Gasteiger partial charge on any atom is -0.238 e. The van der Waals surface area contributed by atoms with Crippen molar-refractivity contribution in [2.75, 3.05) is 0 Å². The molecule has 0 saturated carbocycles. The Kier molecular flexibility index (Phi) is 2.58. The summed E-state index contributed by atoms with van der Waals surface area (Å²) in [4.78, 5) is 4.04. The van der Waals surface area contributed by atoms with Gasteiger partial charge in [-0.15, -0.1) is 0 Å². The molecule has 0 bridgehead atoms. The molecule has 0 aliphatic rings. The van der Waals surface area contributed by atoms with Crippen molar-refractivity contribution in [1.82, 2.24) is 9.07 Å². The van der Waals surface area contributed by atoms with E-state index < -0.39 is 11.7 Å². The van der Waals surface area contributed by atoms with Crippen molar-refractivity contribution in [2.45, 2.75) is 19.5 Å². The van der Waals surface area contributed by atoms with Gasteiger partial charge in [0.2, 0.25) is 0 Å². The molecule has 1 heterocycles. The number of fused-ring (bicyclic) bond motifs is 1. The van der Waals surface area contributed by atoms with Crippen molar-refractivity contribution >= 4 is 22.8 Å². The molecule has 0 atom stereocenters. The predicted molar refractivity (Wildman–Crippen MR) is 55.4 cm³/mol. The molecule has 2 nitrogen and oxygen atoms in total. The van der Waals surface area contributed by atoms with Crippen LogP contribution in [-0.4, -0.2) is 9.07 Å². The van der Waals surface area contributed by atoms with Crippen molar-refractivity contribution in [3.63, 3.8) is 0 Å². The molecule has 0 spiro atoms. The van der Waals surface area contributed by atoms with E-state index in [2.05, 4.69) is 4.98 Å². The van der Waals surface area contributed by atoms with Gasteiger partial charge in [-0.25, -0.2) is 9.07 Å². The van der Waals surface area contributed by atoms with Gasteiger partial charge in [0.1, 0.15) is 5.82 Å². The van der Waals surface area contributed by atoms with Crippen LogP contribution in [-0.2, 0) is 12.6 Å². The van der Waals surface area contributed by atoms with Crippen molar-refractivity contribution in [1.29, 1.82) is 0 Å². The van der Waals surface area contributed by atoms with Gasteiger partial charge >= 0.3 is 6.18 Å². The van der Waals surface area contributed by atoms with Crippen LogP contribution >= 0.6 is 11.8 Å². The van der Waals surface area contributed by atoms with E-state index in [1.165, 1.54) is 10.2 Å². The van der Waals surface area contributed by atoms with E-state index in [-0.39, 0.29) is 5.52 Å². The maximum absolute atomic E-state index is 12.4. The minimum atomic E-state index is -4.35. The van der Waals surface area contributed by atoms with E-state index >= 15 is 0 Å². The van der Waals surface area contributed by atoms with Gasteiger partial charge in [0.15, 0.2) is 0 Å². The van der Waals surface area contributed by atoms with Crippen LogP contribution < -0.4 is 0 Å². The van der Waals surface area contributed by atoms with Gasteiger partial charge < -0.3 is 0 Å². The molecule has 0 N–H and O–H groups in total. The summed E-state index contributed by atoms with van der Waals surface area (Å²) in [6, 6.07) is 3.34. The summed E-state index contributed by atoms with van der Waals surface area (Å²) in [5, 5.41) is 0. The molecule has 1 aromatic heterocycles. The second kappa shape index (κ2) is 3.66. The molecular weight excluding hydrogens is 241 g/mol. The second-order valence-corrected chi connectivity index (χ2v) is 3.70. The smallest absolute Gasteiger partial charge is 0.238 e. The Morgan fingerprint density at radius 1 is 1.38 bits per heavy atom. The molecule has 0 fully saturated rings. The van der Waals surface area contributed by atoms with Crippen LogP contribution in [0.1, 0.15) is 18.3 Å². The number of aryl methyl sites for hydroxylation is 1. The van der Waals surface area contributed by atoms with Gasteiger partial charge in [-0.3, -0.25) is 0 Å². The fourth-order valence-corrected chi connectivity index (χ4v) is 1.80. The normalized spacial score (nSPS) is 12.3. The van der Waals surface area contributed by atoms with Crippen LogP contribution in [0.3, 0.4) is 0 Å². The molecule has 0 aliphatic carbocycles. The zero-order valence-electron chi connectivity index (χ0n) is 8.35. The van der Waals surface area contributed by atoms with E-state index in [4.69, 9.17) is 11.8 Å². The van der Waals surface area contributed by atoms with E-state index in [9.17, 15) is 13.2 Å². The number of hydrogen-bond acceptors (Lipinski definition) is 1. The van der Waals surface area contributed by atoms with Crippen molar-refractivity contribution in [3.8, 4) is 0 Å². The second-order valence-electron chi connectivity index (χ2n) is 3.36. The summed E-state index contributed by atoms with van der Waals surface area (Å²) in [6.07, 6.45) is -3.78. The van der Waals surface area contributed by atoms with Crippen LogP contribution in [0.4, 0.5) is 13.2 Å². The Hall–Kier alpha value is -1.23. The summed E-state index contributed by atoms with van der Waals surface area (Å²) in [5.41, 5.74) is 0.0469. The molecular formula is C10H8ClF3N2. The highest BCUT2D eigenvalue weighted by molar-refractivity contribution is 6.19. The third-order valence-corrected chi connectivity index (χ3v) is 2.68. The minimum absolute atomic E-state index is 0.265. The summed E-state index contributed by atoms with van der Waals surface area (Å²) >= 11 is 5.90. The van der Waals surface area contributed by atoms with E-state index in [0.29, 0.717) is 17.8 Å². The topological polar surface area (TPSA) is 17.8 Å². The van der Waals surface area contributed by atoms with Gasteiger partial charge in [-0.1, -0.05) is 6.92 Å². The zero-order chi connectivity index (χ0) is 11.9. The fraction of sp³-hybridized carbons (Fsp3) is 0.300. The first kappa shape index (κ1) is 11.3. The Balaban J connectivity index is 2.64. The highest BCUT2D eigenvalue weighted by Crippen LogP contribution is 2.31. The number of imidazole rings is 1. The van der Waals surface area contributed by atoms with Gasteiger partial charge in [0, 0.05) is 18.2 Å². The predicted octanol–water partition coefficient (Wildman–Crippen LogP) is 3.62. The summed E-state index contributed by atoms with van der Waals surface area (Å²) < 4.78 is 38.6. The molecule has 0 amide bonds. The lowest BCUT2D eigenvalue weighted by molar-refractivity contribution is -0.137. The zero-order valence-corrected chi connectivity index (χ0v) is 9.10. The van der Waals surface area contributed by atoms with Gasteiger partial charge in [0.25, 0.3) is 0 Å². The Bertz CT molecular complexity index is 531. The third kappa shape index (κ3) is 1.75. The molecule has 6 heteroatoms. The number of hydrogen-bond donors (Lipinski definition) is 0. The number of rotatable bonds is 1. The van der Waals surface area contributed by atoms with E-state index in [1.54, 1.807) is 0 Å². The van der Waals surface area contributed by atoms with Crippen LogP contribution in [0, 0.1) is 0 Å². The molecule has 2 rings (SSSR count). The highest BCUT2D eigenvalue weighted by atomic mass is 35.5. The first-order valence-electron chi connectivity index (χ1n) is 4.68. The SMILES string of the molecule is CCc1nc2cc(C(F)(F)F)ccc2n1Cl. The molecule has 86 valence electrons. The number of aromatic nitrogens is 2. The quantitative estimate of drug-likeness (QED) is 0.754. The van der Waals surface area contributed by atoms with Crippen LogP contribution in [0.2, 0.25) is 0 Å². The number of alkyl halides is 3. The molecule has 0 saturated heterocycles. The standard InChI is InChI=1S/C10H8ClF3N2/c1-2-9-15-7-5-6(10(12,13)14)3-4-8(7)16(9)11/h3-5H,2H2,1H3. The van der Waals surface area contributed by atoms with Gasteiger partial charge in [0.05, 0.1) is 16.6 Å². The maximum atomic E-state index is 12.4. The highest BCUT2D eigenvalue weighted by Gasteiger charge is 2.31. The third-order valence-electron chi connectivity index (χ3n) is 2.31. The molecule has 1 aromatic carbocycles.